The fraction of sp³-hybridized carbons (Fsp3) is 0.417. The zero-order valence-electron chi connectivity index (χ0n) is 19.4. The van der Waals surface area contributed by atoms with Gasteiger partial charge in [-0.05, 0) is 30.7 Å². The van der Waals surface area contributed by atoms with Gasteiger partial charge < -0.3 is 18.9 Å². The summed E-state index contributed by atoms with van der Waals surface area (Å²) in [6.07, 6.45) is 1.31. The van der Waals surface area contributed by atoms with E-state index in [-0.39, 0.29) is 40.5 Å². The number of carbonyl (C=O) groups excluding carboxylic acids is 2. The van der Waals surface area contributed by atoms with E-state index in [4.69, 9.17) is 18.9 Å². The largest absolute Gasteiger partial charge is 0.496 e. The Morgan fingerprint density at radius 1 is 0.781 bits per heavy atom. The number of rotatable bonds is 12. The van der Waals surface area contributed by atoms with E-state index in [1.165, 1.54) is 35.1 Å². The molecule has 0 N–H and O–H groups in total. The molecule has 1 unspecified atom stereocenters. The summed E-state index contributed by atoms with van der Waals surface area (Å²) in [5.74, 6) is -0.249. The van der Waals surface area contributed by atoms with Gasteiger partial charge in [0.25, 0.3) is 5.16 Å². The molecule has 0 aliphatic rings. The lowest BCUT2D eigenvalue weighted by atomic mass is 9.83. The summed E-state index contributed by atoms with van der Waals surface area (Å²) in [7, 11) is 3.38. The average Bonchev–Trinajstić information content (AvgIpc) is 2.82. The molecule has 7 nitrogen and oxygen atoms in total. The van der Waals surface area contributed by atoms with E-state index < -0.39 is 24.5 Å². The Morgan fingerprint density at radius 2 is 1.12 bits per heavy atom. The zero-order valence-corrected chi connectivity index (χ0v) is 20.3. The second-order valence-electron chi connectivity index (χ2n) is 7.19. The zero-order chi connectivity index (χ0) is 23.9. The lowest BCUT2D eigenvalue weighted by molar-refractivity contribution is 0.0816. The van der Waals surface area contributed by atoms with Gasteiger partial charge in [0.1, 0.15) is 40.8 Å². The molecular weight excluding hydrogens is 431 g/mol. The van der Waals surface area contributed by atoms with Crippen molar-refractivity contribution in [3.63, 3.8) is 0 Å². The molecule has 2 aromatic carbocycles. The van der Waals surface area contributed by atoms with E-state index in [0.717, 1.165) is 0 Å². The van der Waals surface area contributed by atoms with Crippen LogP contribution in [0.15, 0.2) is 36.4 Å². The molecule has 2 aromatic rings. The number of carbonyl (C=O) groups is 2. The molecule has 0 aliphatic carbocycles. The van der Waals surface area contributed by atoms with Crippen molar-refractivity contribution < 1.29 is 33.1 Å². The lowest BCUT2D eigenvalue weighted by Gasteiger charge is -2.24. The molecule has 2 rings (SSSR count). The summed E-state index contributed by atoms with van der Waals surface area (Å²) >= 11 is 0. The van der Waals surface area contributed by atoms with Crippen LogP contribution in [0.25, 0.3) is 0 Å². The molecule has 0 spiro atoms. The first-order chi connectivity index (χ1) is 15.3. The van der Waals surface area contributed by atoms with E-state index >= 15 is 0 Å². The third kappa shape index (κ3) is 4.49. The van der Waals surface area contributed by atoms with Gasteiger partial charge in [0.15, 0.2) is 0 Å². The fourth-order valence-electron chi connectivity index (χ4n) is 3.77. The number of benzene rings is 2. The van der Waals surface area contributed by atoms with Gasteiger partial charge >= 0.3 is 7.80 Å². The minimum atomic E-state index is -2.33. The average molecular weight is 461 g/mol. The molecule has 0 aliphatic heterocycles. The molecule has 172 valence electrons. The number of hydrogen-bond acceptors (Lipinski definition) is 7. The number of ketones is 2. The van der Waals surface area contributed by atoms with E-state index in [0.29, 0.717) is 12.8 Å². The summed E-state index contributed by atoms with van der Waals surface area (Å²) in [5, 5.41) is -1.85. The van der Waals surface area contributed by atoms with Gasteiger partial charge in [-0.15, -0.1) is 0 Å². The van der Waals surface area contributed by atoms with Crippen LogP contribution < -0.4 is 18.9 Å². The quantitative estimate of drug-likeness (QED) is 0.245. The number of Topliss-reactive ketones (excluding diaryl/α,β-unsaturated/α-hetero) is 2. The SMILES string of the molecule is CCCCC(C(=O)c1c(OC)cccc1OC)(C(=O)c1c(OC)cccc1OC)[P+](C)=O. The highest BCUT2D eigenvalue weighted by Crippen LogP contribution is 2.49. The molecule has 0 radical (unpaired) electrons. The van der Waals surface area contributed by atoms with Crippen LogP contribution in [-0.2, 0) is 4.57 Å². The Hall–Kier alpha value is -2.92. The minimum Gasteiger partial charge on any atom is -0.496 e. The first-order valence-corrected chi connectivity index (χ1v) is 12.0. The molecule has 0 heterocycles. The second kappa shape index (κ2) is 11.1. The van der Waals surface area contributed by atoms with Gasteiger partial charge in [-0.2, -0.15) is 0 Å². The maximum Gasteiger partial charge on any atom is 0.358 e. The van der Waals surface area contributed by atoms with Crippen LogP contribution >= 0.6 is 7.80 Å². The van der Waals surface area contributed by atoms with Crippen molar-refractivity contribution in [2.75, 3.05) is 35.1 Å². The van der Waals surface area contributed by atoms with Gasteiger partial charge in [-0.3, -0.25) is 9.59 Å². The van der Waals surface area contributed by atoms with Crippen LogP contribution in [-0.4, -0.2) is 51.8 Å². The maximum absolute atomic E-state index is 14.1. The Balaban J connectivity index is 2.88. The fourth-order valence-corrected chi connectivity index (χ4v) is 5.04. The molecule has 0 saturated heterocycles. The number of ether oxygens (including phenoxy) is 4. The first kappa shape index (κ1) is 25.3. The summed E-state index contributed by atoms with van der Waals surface area (Å²) in [6, 6.07) is 9.79. The molecule has 32 heavy (non-hydrogen) atoms. The molecule has 0 amide bonds. The van der Waals surface area contributed by atoms with Crippen molar-refractivity contribution in [1.82, 2.24) is 0 Å². The highest BCUT2D eigenvalue weighted by atomic mass is 31.1. The smallest absolute Gasteiger partial charge is 0.358 e. The van der Waals surface area contributed by atoms with Crippen molar-refractivity contribution in [2.24, 2.45) is 0 Å². The van der Waals surface area contributed by atoms with Crippen LogP contribution in [0.3, 0.4) is 0 Å². The molecule has 0 saturated carbocycles. The number of methoxy groups -OCH3 is 4. The minimum absolute atomic E-state index is 0.0843. The standard InChI is InChI=1S/C24H30O7P/c1-7-8-15-24(32(6)27,22(25)20-16(28-2)11-9-12-17(20)29-3)23(26)21-18(30-4)13-10-14-19(21)31-5/h9-14H,7-8,15H2,1-6H3/q+1. The van der Waals surface area contributed by atoms with Gasteiger partial charge in [0.05, 0.1) is 28.4 Å². The predicted molar refractivity (Wildman–Crippen MR) is 124 cm³/mol. The number of unbranched alkanes of at least 4 members (excludes halogenated alkanes) is 1. The Kier molecular flexibility index (Phi) is 8.79. The van der Waals surface area contributed by atoms with E-state index in [2.05, 4.69) is 0 Å². The Morgan fingerprint density at radius 3 is 1.38 bits per heavy atom. The molecule has 1 atom stereocenters. The van der Waals surface area contributed by atoms with Crippen LogP contribution in [0.5, 0.6) is 23.0 Å². The summed E-state index contributed by atoms with van der Waals surface area (Å²) in [6.45, 7) is 3.35. The third-order valence-electron chi connectivity index (χ3n) is 5.49. The molecule has 8 heteroatoms. The highest BCUT2D eigenvalue weighted by molar-refractivity contribution is 7.48. The van der Waals surface area contributed by atoms with E-state index in [1.54, 1.807) is 36.4 Å². The summed E-state index contributed by atoms with van der Waals surface area (Å²) in [4.78, 5) is 28.3. The molecular formula is C24H30O7P+. The van der Waals surface area contributed by atoms with Crippen LogP contribution in [0.2, 0.25) is 0 Å². The van der Waals surface area contributed by atoms with Gasteiger partial charge in [0.2, 0.25) is 11.6 Å². The van der Waals surface area contributed by atoms with E-state index in [1.807, 2.05) is 6.92 Å². The van der Waals surface area contributed by atoms with Gasteiger partial charge in [-0.1, -0.05) is 30.0 Å². The second-order valence-corrected chi connectivity index (χ2v) is 8.95. The van der Waals surface area contributed by atoms with Crippen LogP contribution in [0, 0.1) is 0 Å². The highest BCUT2D eigenvalue weighted by Gasteiger charge is 2.61. The van der Waals surface area contributed by atoms with Crippen molar-refractivity contribution in [3.05, 3.63) is 47.5 Å². The van der Waals surface area contributed by atoms with Crippen molar-refractivity contribution in [3.8, 4) is 23.0 Å². The van der Waals surface area contributed by atoms with Crippen molar-refractivity contribution in [1.29, 1.82) is 0 Å². The molecule has 0 bridgehead atoms. The normalized spacial score (nSPS) is 11.5. The first-order valence-electron chi connectivity index (χ1n) is 10.3. The predicted octanol–water partition coefficient (Wildman–Crippen LogP) is 5.17. The monoisotopic (exact) mass is 461 g/mol. The van der Waals surface area contributed by atoms with Gasteiger partial charge in [0, 0.05) is 6.42 Å². The Labute approximate surface area is 189 Å². The third-order valence-corrected chi connectivity index (χ3v) is 7.20. The van der Waals surface area contributed by atoms with Crippen LogP contribution in [0.1, 0.15) is 46.9 Å². The maximum atomic E-state index is 14.1. The van der Waals surface area contributed by atoms with Gasteiger partial charge in [-0.25, -0.2) is 0 Å². The topological polar surface area (TPSA) is 88.1 Å². The van der Waals surface area contributed by atoms with E-state index in [9.17, 15) is 14.2 Å². The van der Waals surface area contributed by atoms with Crippen molar-refractivity contribution in [2.45, 2.75) is 31.3 Å². The number of hydrogen-bond donors (Lipinski definition) is 0. The molecule has 0 aromatic heterocycles. The molecule has 0 fully saturated rings. The summed E-state index contributed by atoms with van der Waals surface area (Å²) < 4.78 is 35.0. The van der Waals surface area contributed by atoms with Crippen LogP contribution in [0.4, 0.5) is 0 Å². The Bertz CT molecular complexity index is 888. The lowest BCUT2D eigenvalue weighted by Crippen LogP contribution is -2.44. The summed E-state index contributed by atoms with van der Waals surface area (Å²) in [5.41, 5.74) is 0.169. The van der Waals surface area contributed by atoms with Crippen molar-refractivity contribution >= 4 is 19.4 Å².